The molecule has 41 heteroatoms. The van der Waals surface area contributed by atoms with Crippen LogP contribution in [0.5, 0.6) is 0 Å². The molecule has 0 radical (unpaired) electrons. The van der Waals surface area contributed by atoms with E-state index in [2.05, 4.69) is 120 Å². The second kappa shape index (κ2) is 52.7. The van der Waals surface area contributed by atoms with Gasteiger partial charge in [0, 0.05) is 29.0 Å². The van der Waals surface area contributed by atoms with Gasteiger partial charge in [-0.2, -0.15) is 52.7 Å². The number of rotatable bonds is 15. The van der Waals surface area contributed by atoms with Gasteiger partial charge in [0.1, 0.15) is 5.54 Å². The fourth-order valence-corrected chi connectivity index (χ4v) is 5.40. The van der Waals surface area contributed by atoms with Crippen molar-refractivity contribution in [2.24, 2.45) is 81.9 Å². The number of nitrogens with two attached hydrogens (primary N) is 4. The molecule has 0 rings (SSSR count). The molecule has 0 aromatic rings. The topological polar surface area (TPSA) is 469 Å². The molecule has 14 N–H and O–H groups in total. The van der Waals surface area contributed by atoms with E-state index in [0.717, 1.165) is 41.5 Å². The van der Waals surface area contributed by atoms with Crippen molar-refractivity contribution in [2.45, 2.75) is 200 Å². The minimum absolute atomic E-state index is 0.0625. The molecular weight excluding hydrogens is 1530 g/mol. The number of nitrogens with zero attached hydrogens (tertiary/aromatic N) is 6. The summed E-state index contributed by atoms with van der Waals surface area (Å²) < 4.78 is 152. The quantitative estimate of drug-likeness (QED) is 0.0138. The number of ketones is 4. The van der Waals surface area contributed by atoms with Gasteiger partial charge in [0.25, 0.3) is 17.3 Å². The number of aliphatic carboxylic acids is 3. The lowest BCUT2D eigenvalue weighted by Crippen LogP contribution is -2.54. The summed E-state index contributed by atoms with van der Waals surface area (Å²) in [6.07, 6.45) is 17.1. The summed E-state index contributed by atoms with van der Waals surface area (Å²) in [5, 5.41) is 31.7. The second-order valence-electron chi connectivity index (χ2n) is 25.5. The predicted molar refractivity (Wildman–Crippen MR) is 400 cm³/mol. The maximum atomic E-state index is 12.5. The highest BCUT2D eigenvalue weighted by molar-refractivity contribution is 7.79. The normalized spacial score (nSPS) is 11.2. The fraction of sp³-hybridized carbons (Fsp3) is 0.618. The molecule has 0 aliphatic heterocycles. The number of nitrogens with one attached hydrogen (secondary N) is 3. The van der Waals surface area contributed by atoms with Crippen LogP contribution in [0.25, 0.3) is 20.9 Å². The maximum absolute atomic E-state index is 12.5. The van der Waals surface area contributed by atoms with E-state index in [0.29, 0.717) is 6.54 Å². The molecule has 26 nitrogen and oxygen atoms in total. The average molecular weight is 1630 g/mol. The van der Waals surface area contributed by atoms with Crippen LogP contribution in [-0.2, 0) is 47.9 Å². The van der Waals surface area contributed by atoms with Crippen LogP contribution < -0.4 is 37.1 Å². The largest absolute Gasteiger partial charge is 0.481 e. The molecule has 3 amide bonds. The number of halogens is 12. The van der Waals surface area contributed by atoms with E-state index >= 15 is 0 Å². The highest BCUT2D eigenvalue weighted by Crippen LogP contribution is 2.46. The minimum Gasteiger partial charge on any atom is -0.481 e. The van der Waals surface area contributed by atoms with Crippen LogP contribution in [0.4, 0.5) is 52.7 Å². The molecule has 0 spiro atoms. The molecular formula is C68H101F12N13O13S3. The molecule has 0 saturated heterocycles. The van der Waals surface area contributed by atoms with Gasteiger partial charge in [-0.25, -0.2) is 4.79 Å². The molecule has 0 aromatic carbocycles. The lowest BCUT2D eigenvalue weighted by atomic mass is 9.63. The molecule has 0 fully saturated rings. The third-order valence-corrected chi connectivity index (χ3v) is 15.1. The molecule has 0 aliphatic rings. The highest BCUT2D eigenvalue weighted by atomic mass is 32.1. The van der Waals surface area contributed by atoms with Crippen LogP contribution in [-0.4, -0.2) is 136 Å². The maximum Gasteiger partial charge on any atom is 0.452 e. The Hall–Kier alpha value is -9.35. The first kappa shape index (κ1) is 126. The van der Waals surface area contributed by atoms with Gasteiger partial charge in [-0.05, 0) is 104 Å². The number of thiol groups is 3. The lowest BCUT2D eigenvalue weighted by Gasteiger charge is -2.37. The Kier molecular flexibility index (Phi) is 61.0. The standard InChI is InChI=1S/2C11H10F3NO2S.C11H9F3O3.C8H17N3.C7H17N.C6H5NO2.C4H4F3NO2S.C4H9NO2.2C2H6.CH3N3.CH5N/c2*1-5-10(6-2,7(16)11(12,13)14)9(3,4)8(17)15-18;1-5-10(6-2,7(15)11(12,13)14)9(3,4)8(16)17;1-7(2,3)8(4,5)6-10-11-9;1-6(2,3)7(4,5)8;1-3-6(7,4-2)5(8)9;5-4(6,7)2(9)1-3(10)8-11;1-4(2,5)3(6)7;2*1-2;1-3-4-2;1-2/h2*1-2,18H,3-4H3,(H,15,17);1-2H,3-4H3,(H,16,17);6H2,1-5H3;8H2,1-5H3;1-2H,7H2,(H,8,9);11H,1H2,(H,8,10);5H2,1-2H3,(H,6,7);2*1-2H3;1H3;2H2,1H3. The van der Waals surface area contributed by atoms with E-state index in [4.69, 9.17) is 95.0 Å². The zero-order valence-electron chi connectivity index (χ0n) is 64.8. The number of carboxylic acids is 3. The third-order valence-electron chi connectivity index (χ3n) is 14.5. The fourth-order valence-electron chi connectivity index (χ4n) is 4.77. The molecule has 0 heterocycles. The van der Waals surface area contributed by atoms with E-state index in [-0.39, 0.29) is 21.8 Å². The summed E-state index contributed by atoms with van der Waals surface area (Å²) in [5.41, 5.74) is 18.7. The number of terminal acetylenes is 8. The van der Waals surface area contributed by atoms with Crippen LogP contribution in [0.15, 0.2) is 10.2 Å². The minimum atomic E-state index is -5.30. The Labute approximate surface area is 646 Å². The molecule has 0 aliphatic carbocycles. The summed E-state index contributed by atoms with van der Waals surface area (Å²) in [5.74, 6) is -3.21. The number of Topliss-reactive ketones (excluding diaryl/α,β-unsaturated/α-hetero) is 4. The number of carboxylic acid groups (broad SMARTS) is 3. The summed E-state index contributed by atoms with van der Waals surface area (Å²) in [6, 6.07) is 0. The van der Waals surface area contributed by atoms with Gasteiger partial charge in [0.05, 0.1) is 22.7 Å². The van der Waals surface area contributed by atoms with Gasteiger partial charge in [0.15, 0.2) is 16.2 Å². The Balaban J connectivity index is -0.0000000986. The third kappa shape index (κ3) is 42.3. The highest BCUT2D eigenvalue weighted by Gasteiger charge is 2.64. The second-order valence-corrected chi connectivity index (χ2v) is 26.2. The van der Waals surface area contributed by atoms with Gasteiger partial charge < -0.3 is 46.7 Å². The SMILES string of the molecule is C#CC(C#C)(C(=O)C(F)(F)F)C(C)(C)C(=O)NS.C#CC(C#C)(C(=O)C(F)(F)F)C(C)(C)C(=O)NS.C#CC(C#C)(C(=O)C(F)(F)F)C(C)(C)C(=O)O.C#CC(N)(C#C)C(=O)O.CC.CC.CC(C)(C)C(C)(C)CN=[N+]=[N-].CC(C)(C)C(C)(C)N.CC(C)(N)C(=O)O.CN.CN=[N+]=[N-].O=C(CC(=O)C(F)(F)F)NS. The molecule has 0 saturated carbocycles. The van der Waals surface area contributed by atoms with Crippen molar-refractivity contribution >= 4 is 97.2 Å². The van der Waals surface area contributed by atoms with E-state index < -0.39 is 133 Å². The molecule has 0 atom stereocenters. The molecule has 109 heavy (non-hydrogen) atoms. The van der Waals surface area contributed by atoms with Crippen molar-refractivity contribution in [2.75, 3.05) is 20.6 Å². The van der Waals surface area contributed by atoms with E-state index in [1.54, 1.807) is 40.2 Å². The summed E-state index contributed by atoms with van der Waals surface area (Å²) in [6.45, 7) is 38.6. The van der Waals surface area contributed by atoms with Crippen molar-refractivity contribution in [3.05, 3.63) is 20.9 Å². The van der Waals surface area contributed by atoms with Crippen LogP contribution >= 0.6 is 38.4 Å². The van der Waals surface area contributed by atoms with Crippen molar-refractivity contribution in [1.82, 2.24) is 14.2 Å². The van der Waals surface area contributed by atoms with Gasteiger partial charge in [0.2, 0.25) is 29.0 Å². The van der Waals surface area contributed by atoms with E-state index in [1.165, 1.54) is 39.8 Å². The molecule has 0 aromatic heterocycles. The number of amides is 3. The number of hydrogen-bond donors (Lipinski definition) is 13. The number of carbonyl (C=O) groups is 10. The van der Waals surface area contributed by atoms with Crippen molar-refractivity contribution < 1.29 is 116 Å². The van der Waals surface area contributed by atoms with Crippen LogP contribution in [0.1, 0.15) is 159 Å². The summed E-state index contributed by atoms with van der Waals surface area (Å²) in [4.78, 5) is 113. The molecule has 0 bridgehead atoms. The smallest absolute Gasteiger partial charge is 0.452 e. The zero-order valence-corrected chi connectivity index (χ0v) is 67.5. The average Bonchev–Trinajstić information content (AvgIpc) is 0.765. The van der Waals surface area contributed by atoms with Crippen molar-refractivity contribution in [3.63, 3.8) is 0 Å². The van der Waals surface area contributed by atoms with Crippen LogP contribution in [0, 0.1) is 147 Å². The zero-order chi connectivity index (χ0) is 91.8. The monoisotopic (exact) mass is 1630 g/mol. The Bertz CT molecular complexity index is 3310. The first-order valence-corrected chi connectivity index (χ1v) is 31.4. The number of hydrogen-bond acceptors (Lipinski definition) is 19. The molecule has 618 valence electrons. The van der Waals surface area contributed by atoms with Gasteiger partial charge in [-0.1, -0.05) is 179 Å². The van der Waals surface area contributed by atoms with Crippen LogP contribution in [0.3, 0.4) is 0 Å². The predicted octanol–water partition coefficient (Wildman–Crippen LogP) is 11.2. The van der Waals surface area contributed by atoms with Gasteiger partial charge in [-0.3, -0.25) is 48.9 Å². The first-order valence-electron chi connectivity index (χ1n) is 30.0. The van der Waals surface area contributed by atoms with E-state index in [1.807, 2.05) is 51.0 Å². The Morgan fingerprint density at radius 2 is 0.651 bits per heavy atom. The van der Waals surface area contributed by atoms with Gasteiger partial charge >= 0.3 is 42.6 Å². The molecule has 0 unspecified atom stereocenters. The van der Waals surface area contributed by atoms with Crippen molar-refractivity contribution in [3.8, 4) is 98.8 Å². The van der Waals surface area contributed by atoms with Gasteiger partial charge in [-0.15, -0.1) is 51.4 Å². The van der Waals surface area contributed by atoms with Crippen molar-refractivity contribution in [1.29, 1.82) is 0 Å². The Morgan fingerprint density at radius 3 is 0.761 bits per heavy atom. The number of azide groups is 2. The number of alkyl halides is 12. The first-order chi connectivity index (χ1) is 48.3. The van der Waals surface area contributed by atoms with E-state index in [9.17, 15) is 101 Å². The number of carbonyl (C=O) groups excluding carboxylic acids is 7. The lowest BCUT2D eigenvalue weighted by molar-refractivity contribution is -0.184. The Morgan fingerprint density at radius 1 is 0.422 bits per heavy atom. The summed E-state index contributed by atoms with van der Waals surface area (Å²) in [7, 11) is 2.89. The van der Waals surface area contributed by atoms with Crippen LogP contribution in [0.2, 0.25) is 0 Å². The summed E-state index contributed by atoms with van der Waals surface area (Å²) >= 11 is 10.0.